The summed E-state index contributed by atoms with van der Waals surface area (Å²) in [5.74, 6) is 0. The average molecular weight is 601 g/mol. The Bertz CT molecular complexity index is 1770. The Morgan fingerprint density at radius 3 is 0.891 bits per heavy atom. The van der Waals surface area contributed by atoms with Crippen LogP contribution in [0.25, 0.3) is 0 Å². The van der Waals surface area contributed by atoms with Gasteiger partial charge in [-0.05, 0) is 161 Å². The van der Waals surface area contributed by atoms with Gasteiger partial charge >= 0.3 is 0 Å². The molecular formula is C44H44N2. The molecule has 0 fully saturated rings. The van der Waals surface area contributed by atoms with Crippen molar-refractivity contribution in [3.05, 3.63) is 178 Å². The number of rotatable bonds is 9. The summed E-state index contributed by atoms with van der Waals surface area (Å²) in [7, 11) is 0. The Balaban J connectivity index is 1.20. The Kier molecular flexibility index (Phi) is 9.08. The topological polar surface area (TPSA) is 6.48 Å². The van der Waals surface area contributed by atoms with Gasteiger partial charge in [0.2, 0.25) is 0 Å². The molecule has 6 rings (SSSR count). The number of nitrogens with zero attached hydrogens (tertiary/aromatic N) is 2. The van der Waals surface area contributed by atoms with Crippen LogP contribution in [-0.4, -0.2) is 0 Å². The fourth-order valence-corrected chi connectivity index (χ4v) is 5.92. The molecule has 0 unspecified atom stereocenters. The normalized spacial score (nSPS) is 11.0. The SMILES string of the molecule is Cc1ccc(N(c2ccc(CCc3ccc(N(c4ccc(C)cc4)c4ccc(C)c(C)c4)cc3)cc2)c2ccc(C)c(C)c2)cc1. The van der Waals surface area contributed by atoms with Crippen molar-refractivity contribution in [2.24, 2.45) is 0 Å². The van der Waals surface area contributed by atoms with Crippen molar-refractivity contribution < 1.29 is 0 Å². The van der Waals surface area contributed by atoms with E-state index in [1.807, 2.05) is 0 Å². The minimum Gasteiger partial charge on any atom is -0.310 e. The molecule has 230 valence electrons. The van der Waals surface area contributed by atoms with Crippen LogP contribution in [0.4, 0.5) is 34.1 Å². The monoisotopic (exact) mass is 600 g/mol. The highest BCUT2D eigenvalue weighted by atomic mass is 15.1. The van der Waals surface area contributed by atoms with E-state index < -0.39 is 0 Å². The molecule has 0 heterocycles. The van der Waals surface area contributed by atoms with Gasteiger partial charge in [0, 0.05) is 34.1 Å². The maximum absolute atomic E-state index is 2.35. The van der Waals surface area contributed by atoms with Crippen LogP contribution in [0, 0.1) is 41.5 Å². The molecule has 0 atom stereocenters. The maximum Gasteiger partial charge on any atom is 0.0464 e. The van der Waals surface area contributed by atoms with E-state index in [1.54, 1.807) is 0 Å². The summed E-state index contributed by atoms with van der Waals surface area (Å²) in [6, 6.07) is 49.2. The molecule has 46 heavy (non-hydrogen) atoms. The fourth-order valence-electron chi connectivity index (χ4n) is 5.92. The lowest BCUT2D eigenvalue weighted by molar-refractivity contribution is 0.959. The molecule has 0 aliphatic heterocycles. The van der Waals surface area contributed by atoms with Gasteiger partial charge in [-0.3, -0.25) is 0 Å². The summed E-state index contributed by atoms with van der Waals surface area (Å²) >= 11 is 0. The lowest BCUT2D eigenvalue weighted by atomic mass is 10.0. The number of benzene rings is 6. The van der Waals surface area contributed by atoms with Crippen molar-refractivity contribution in [3.8, 4) is 0 Å². The van der Waals surface area contributed by atoms with E-state index in [9.17, 15) is 0 Å². The summed E-state index contributed by atoms with van der Waals surface area (Å²) in [4.78, 5) is 4.70. The Hall–Kier alpha value is -5.08. The van der Waals surface area contributed by atoms with Crippen LogP contribution < -0.4 is 9.80 Å². The van der Waals surface area contributed by atoms with Crippen LogP contribution in [0.2, 0.25) is 0 Å². The van der Waals surface area contributed by atoms with Gasteiger partial charge in [-0.2, -0.15) is 0 Å². The highest BCUT2D eigenvalue weighted by Gasteiger charge is 2.15. The van der Waals surface area contributed by atoms with Crippen molar-refractivity contribution in [1.82, 2.24) is 0 Å². The zero-order chi connectivity index (χ0) is 32.2. The van der Waals surface area contributed by atoms with E-state index in [-0.39, 0.29) is 0 Å². The second-order valence-corrected chi connectivity index (χ2v) is 12.7. The van der Waals surface area contributed by atoms with E-state index in [0.717, 1.165) is 12.8 Å². The average Bonchev–Trinajstić information content (AvgIpc) is 3.06. The first kappa shape index (κ1) is 30.9. The highest BCUT2D eigenvalue weighted by molar-refractivity contribution is 5.78. The van der Waals surface area contributed by atoms with Crippen LogP contribution in [0.15, 0.2) is 133 Å². The molecule has 6 aromatic carbocycles. The maximum atomic E-state index is 2.35. The first-order valence-corrected chi connectivity index (χ1v) is 16.3. The molecular weight excluding hydrogens is 556 g/mol. The molecule has 0 amide bonds. The summed E-state index contributed by atoms with van der Waals surface area (Å²) in [6.07, 6.45) is 1.99. The van der Waals surface area contributed by atoms with Crippen molar-refractivity contribution in [1.29, 1.82) is 0 Å². The minimum absolute atomic E-state index is 0.993. The lowest BCUT2D eigenvalue weighted by Gasteiger charge is -2.26. The van der Waals surface area contributed by atoms with Gasteiger partial charge < -0.3 is 9.80 Å². The zero-order valence-electron chi connectivity index (χ0n) is 28.0. The molecule has 0 aromatic heterocycles. The van der Waals surface area contributed by atoms with Gasteiger partial charge in [0.1, 0.15) is 0 Å². The highest BCUT2D eigenvalue weighted by Crippen LogP contribution is 2.37. The van der Waals surface area contributed by atoms with Gasteiger partial charge in [-0.1, -0.05) is 71.8 Å². The smallest absolute Gasteiger partial charge is 0.0464 e. The predicted octanol–water partition coefficient (Wildman–Crippen LogP) is 12.3. The molecule has 0 spiro atoms. The standard InChI is InChI=1S/C44H44N2/c1-31-7-19-39(20-8-31)45(43-23-11-33(3)35(5)29-43)41-25-15-37(16-26-41)13-14-38-17-27-42(28-18-38)46(40-21-9-32(2)10-22-40)44-24-12-34(4)36(6)30-44/h7-12,15-30H,13-14H2,1-6H3. The molecule has 0 saturated heterocycles. The van der Waals surface area contributed by atoms with Gasteiger partial charge in [-0.15, -0.1) is 0 Å². The Labute approximate surface area is 275 Å². The van der Waals surface area contributed by atoms with Crippen molar-refractivity contribution in [3.63, 3.8) is 0 Å². The van der Waals surface area contributed by atoms with Crippen molar-refractivity contribution in [2.75, 3.05) is 9.80 Å². The molecule has 6 aromatic rings. The number of hydrogen-bond acceptors (Lipinski definition) is 2. The van der Waals surface area contributed by atoms with E-state index in [1.165, 1.54) is 78.6 Å². The minimum atomic E-state index is 0.993. The summed E-state index contributed by atoms with van der Waals surface area (Å²) in [6.45, 7) is 13.0. The fraction of sp³-hybridized carbons (Fsp3) is 0.182. The first-order chi connectivity index (χ1) is 22.2. The molecule has 2 heteroatoms. The van der Waals surface area contributed by atoms with Crippen molar-refractivity contribution in [2.45, 2.75) is 54.4 Å². The third kappa shape index (κ3) is 6.92. The van der Waals surface area contributed by atoms with Crippen LogP contribution in [0.3, 0.4) is 0 Å². The Morgan fingerprint density at radius 1 is 0.304 bits per heavy atom. The van der Waals surface area contributed by atoms with E-state index in [2.05, 4.69) is 185 Å². The quantitative estimate of drug-likeness (QED) is 0.163. The zero-order valence-corrected chi connectivity index (χ0v) is 28.0. The van der Waals surface area contributed by atoms with Gasteiger partial charge in [-0.25, -0.2) is 0 Å². The first-order valence-electron chi connectivity index (χ1n) is 16.3. The van der Waals surface area contributed by atoms with Gasteiger partial charge in [0.15, 0.2) is 0 Å². The summed E-state index contributed by atoms with van der Waals surface area (Å²) in [5.41, 5.74) is 17.5. The van der Waals surface area contributed by atoms with E-state index in [0.29, 0.717) is 0 Å². The Morgan fingerprint density at radius 2 is 0.587 bits per heavy atom. The predicted molar refractivity (Wildman–Crippen MR) is 198 cm³/mol. The summed E-state index contributed by atoms with van der Waals surface area (Å²) in [5, 5.41) is 0. The second-order valence-electron chi connectivity index (χ2n) is 12.7. The third-order valence-electron chi connectivity index (χ3n) is 9.17. The molecule has 0 saturated carbocycles. The number of aryl methyl sites for hydroxylation is 8. The summed E-state index contributed by atoms with van der Waals surface area (Å²) < 4.78 is 0. The molecule has 0 bridgehead atoms. The number of hydrogen-bond donors (Lipinski definition) is 0. The molecule has 0 radical (unpaired) electrons. The largest absolute Gasteiger partial charge is 0.310 e. The number of anilines is 6. The van der Waals surface area contributed by atoms with E-state index in [4.69, 9.17) is 0 Å². The lowest BCUT2D eigenvalue weighted by Crippen LogP contribution is -2.10. The van der Waals surface area contributed by atoms with Crippen LogP contribution in [0.5, 0.6) is 0 Å². The van der Waals surface area contributed by atoms with Crippen LogP contribution in [-0.2, 0) is 12.8 Å². The van der Waals surface area contributed by atoms with Crippen LogP contribution in [0.1, 0.15) is 44.5 Å². The van der Waals surface area contributed by atoms with E-state index >= 15 is 0 Å². The molecule has 0 N–H and O–H groups in total. The molecule has 0 aliphatic carbocycles. The van der Waals surface area contributed by atoms with Crippen LogP contribution >= 0.6 is 0 Å². The third-order valence-corrected chi connectivity index (χ3v) is 9.17. The van der Waals surface area contributed by atoms with Crippen molar-refractivity contribution >= 4 is 34.1 Å². The molecule has 0 aliphatic rings. The second kappa shape index (κ2) is 13.5. The molecule has 2 nitrogen and oxygen atoms in total. The van der Waals surface area contributed by atoms with Gasteiger partial charge in [0.25, 0.3) is 0 Å². The van der Waals surface area contributed by atoms with Gasteiger partial charge in [0.05, 0.1) is 0 Å².